The van der Waals surface area contributed by atoms with E-state index in [0.29, 0.717) is 0 Å². The third kappa shape index (κ3) is 6.83. The van der Waals surface area contributed by atoms with Crippen molar-refractivity contribution < 1.29 is 0 Å². The predicted molar refractivity (Wildman–Crippen MR) is 261 cm³/mol. The van der Waals surface area contributed by atoms with Gasteiger partial charge in [0.05, 0.1) is 11.0 Å². The smallest absolute Gasteiger partial charge is 0.0540 e. The van der Waals surface area contributed by atoms with Crippen LogP contribution in [0.2, 0.25) is 0 Å². The maximum Gasteiger partial charge on any atom is 0.0540 e. The van der Waals surface area contributed by atoms with Crippen molar-refractivity contribution in [2.45, 2.75) is 0 Å². The van der Waals surface area contributed by atoms with Gasteiger partial charge in [-0.3, -0.25) is 0 Å². The summed E-state index contributed by atoms with van der Waals surface area (Å²) in [4.78, 5) is 0. The Bertz CT molecular complexity index is 3260. The summed E-state index contributed by atoms with van der Waals surface area (Å²) in [6.45, 7) is 0. The minimum Gasteiger partial charge on any atom is -0.309 e. The van der Waals surface area contributed by atoms with Crippen LogP contribution in [0.3, 0.4) is 0 Å². The van der Waals surface area contributed by atoms with Crippen molar-refractivity contribution in [2.75, 3.05) is 0 Å². The van der Waals surface area contributed by atoms with Gasteiger partial charge < -0.3 is 4.57 Å². The molecule has 0 fully saturated rings. The first-order valence-electron chi connectivity index (χ1n) is 21.0. The summed E-state index contributed by atoms with van der Waals surface area (Å²) in [6, 6.07) is 90.8. The highest BCUT2D eigenvalue weighted by molar-refractivity contribution is 6.20. The molecule has 286 valence electrons. The molecule has 0 radical (unpaired) electrons. The topological polar surface area (TPSA) is 4.93 Å². The molecule has 0 atom stereocenters. The van der Waals surface area contributed by atoms with E-state index in [4.69, 9.17) is 0 Å². The fraction of sp³-hybridized carbons (Fsp3) is 0. The third-order valence-corrected chi connectivity index (χ3v) is 12.0. The molecule has 0 saturated carbocycles. The zero-order valence-electron chi connectivity index (χ0n) is 33.6. The standard InChI is InChI=1S/C60H41N/c1-4-17-42(18-5-1)45-23-14-25-47(37-45)50-33-35-59-57(40-50)55-31-12-10-29-53(55)54-30-11-13-32-56(54)58-41-51(48-26-15-24-46(38-48)43-19-6-2-7-20-43)34-36-60(58)61(59)52-28-16-27-49(39-52)44-21-8-3-9-22-44/h1-41H. The second-order valence-corrected chi connectivity index (χ2v) is 15.7. The van der Waals surface area contributed by atoms with Crippen molar-refractivity contribution in [3.05, 3.63) is 249 Å². The van der Waals surface area contributed by atoms with Crippen molar-refractivity contribution in [2.24, 2.45) is 0 Å². The van der Waals surface area contributed by atoms with Gasteiger partial charge in [-0.2, -0.15) is 0 Å². The Labute approximate surface area is 356 Å². The number of rotatable bonds is 6. The fourth-order valence-corrected chi connectivity index (χ4v) is 9.04. The van der Waals surface area contributed by atoms with E-state index in [9.17, 15) is 0 Å². The van der Waals surface area contributed by atoms with E-state index in [1.807, 2.05) is 0 Å². The maximum atomic E-state index is 2.49. The fourth-order valence-electron chi connectivity index (χ4n) is 9.04. The van der Waals surface area contributed by atoms with E-state index in [1.54, 1.807) is 0 Å². The Morgan fingerprint density at radius 2 is 0.475 bits per heavy atom. The lowest BCUT2D eigenvalue weighted by Crippen LogP contribution is -1.99. The molecule has 10 aromatic carbocycles. The molecule has 1 heteroatoms. The minimum atomic E-state index is 1.10. The highest BCUT2D eigenvalue weighted by Gasteiger charge is 2.15. The Morgan fingerprint density at radius 1 is 0.180 bits per heavy atom. The van der Waals surface area contributed by atoms with Crippen molar-refractivity contribution >= 4 is 43.4 Å². The van der Waals surface area contributed by atoms with Gasteiger partial charge in [0.1, 0.15) is 0 Å². The van der Waals surface area contributed by atoms with E-state index < -0.39 is 0 Å². The van der Waals surface area contributed by atoms with Crippen LogP contribution in [0.5, 0.6) is 0 Å². The van der Waals surface area contributed by atoms with Crippen LogP contribution in [0.15, 0.2) is 249 Å². The molecule has 0 unspecified atom stereocenters. The highest BCUT2D eigenvalue weighted by Crippen LogP contribution is 2.39. The van der Waals surface area contributed by atoms with Gasteiger partial charge in [-0.15, -0.1) is 0 Å². The van der Waals surface area contributed by atoms with Gasteiger partial charge in [0.15, 0.2) is 0 Å². The lowest BCUT2D eigenvalue weighted by atomic mass is 9.96. The molecule has 0 saturated heterocycles. The Morgan fingerprint density at radius 3 is 0.885 bits per heavy atom. The minimum absolute atomic E-state index is 1.10. The van der Waals surface area contributed by atoms with Crippen LogP contribution in [-0.2, 0) is 0 Å². The van der Waals surface area contributed by atoms with Gasteiger partial charge in [-0.25, -0.2) is 0 Å². The molecule has 11 aromatic rings. The molecule has 0 spiro atoms. The van der Waals surface area contributed by atoms with Crippen LogP contribution in [-0.4, -0.2) is 4.57 Å². The molecule has 0 bridgehead atoms. The van der Waals surface area contributed by atoms with E-state index in [0.717, 1.165) is 16.7 Å². The van der Waals surface area contributed by atoms with Crippen molar-refractivity contribution in [3.8, 4) is 61.3 Å². The number of fused-ring (bicyclic) bond motifs is 7. The van der Waals surface area contributed by atoms with E-state index in [-0.39, 0.29) is 0 Å². The van der Waals surface area contributed by atoms with Crippen LogP contribution in [0.4, 0.5) is 0 Å². The van der Waals surface area contributed by atoms with Gasteiger partial charge in [-0.1, -0.05) is 200 Å². The Hall–Kier alpha value is -8.00. The second-order valence-electron chi connectivity index (χ2n) is 15.7. The molecule has 11 rings (SSSR count). The normalized spacial score (nSPS) is 11.3. The van der Waals surface area contributed by atoms with Crippen LogP contribution in [0.1, 0.15) is 0 Å². The molecule has 0 aliphatic carbocycles. The number of nitrogens with zero attached hydrogens (tertiary/aromatic N) is 1. The van der Waals surface area contributed by atoms with Gasteiger partial charge in [0, 0.05) is 16.5 Å². The SMILES string of the molecule is c1ccc(-c2cccc(-c3ccc4c(c3)c3ccccc3c3ccccc3c3cc(-c5cccc(-c6ccccc6)c5)ccc3n4-c3cccc(-c4ccccc4)c3)c2)cc1. The van der Waals surface area contributed by atoms with Crippen LogP contribution >= 0.6 is 0 Å². The summed E-state index contributed by atoms with van der Waals surface area (Å²) in [5.74, 6) is 0. The zero-order chi connectivity index (χ0) is 40.5. The summed E-state index contributed by atoms with van der Waals surface area (Å²) in [5, 5.41) is 7.14. The first kappa shape index (κ1) is 36.1. The average molecular weight is 776 g/mol. The van der Waals surface area contributed by atoms with E-state index in [2.05, 4.69) is 253 Å². The number of hydrogen-bond donors (Lipinski definition) is 0. The van der Waals surface area contributed by atoms with Gasteiger partial charge in [0.25, 0.3) is 0 Å². The Kier molecular flexibility index (Phi) is 9.26. The zero-order valence-corrected chi connectivity index (χ0v) is 33.6. The largest absolute Gasteiger partial charge is 0.309 e. The predicted octanol–water partition coefficient (Wildman–Crippen LogP) is 16.5. The van der Waals surface area contributed by atoms with Gasteiger partial charge in [-0.05, 0) is 126 Å². The first-order chi connectivity index (χ1) is 30.2. The second kappa shape index (κ2) is 15.6. The number of hydrogen-bond acceptors (Lipinski definition) is 0. The monoisotopic (exact) mass is 775 g/mol. The van der Waals surface area contributed by atoms with Crippen LogP contribution < -0.4 is 0 Å². The quantitative estimate of drug-likeness (QED) is 0.159. The molecule has 0 aliphatic rings. The van der Waals surface area contributed by atoms with Crippen molar-refractivity contribution in [1.29, 1.82) is 0 Å². The summed E-state index contributed by atoms with van der Waals surface area (Å²) in [7, 11) is 0. The summed E-state index contributed by atoms with van der Waals surface area (Å²) < 4.78 is 2.49. The average Bonchev–Trinajstić information content (AvgIpc) is 3.39. The molecule has 0 amide bonds. The lowest BCUT2D eigenvalue weighted by molar-refractivity contribution is 1.17. The van der Waals surface area contributed by atoms with Crippen LogP contribution in [0.25, 0.3) is 105 Å². The molecule has 1 heterocycles. The molecular weight excluding hydrogens is 735 g/mol. The molecular formula is C60H41N. The third-order valence-electron chi connectivity index (χ3n) is 12.0. The van der Waals surface area contributed by atoms with E-state index in [1.165, 1.54) is 88.0 Å². The maximum absolute atomic E-state index is 2.49. The number of aromatic nitrogens is 1. The molecule has 1 aromatic heterocycles. The molecule has 0 aliphatic heterocycles. The van der Waals surface area contributed by atoms with Gasteiger partial charge >= 0.3 is 0 Å². The summed E-state index contributed by atoms with van der Waals surface area (Å²) >= 11 is 0. The molecule has 0 N–H and O–H groups in total. The molecule has 1 nitrogen and oxygen atoms in total. The lowest BCUT2D eigenvalue weighted by Gasteiger charge is -2.17. The van der Waals surface area contributed by atoms with E-state index >= 15 is 0 Å². The summed E-state index contributed by atoms with van der Waals surface area (Å²) in [5.41, 5.74) is 15.2. The summed E-state index contributed by atoms with van der Waals surface area (Å²) in [6.07, 6.45) is 0. The van der Waals surface area contributed by atoms with Crippen molar-refractivity contribution in [1.82, 2.24) is 4.57 Å². The first-order valence-corrected chi connectivity index (χ1v) is 21.0. The van der Waals surface area contributed by atoms with Crippen LogP contribution in [0, 0.1) is 0 Å². The van der Waals surface area contributed by atoms with Crippen molar-refractivity contribution in [3.63, 3.8) is 0 Å². The number of benzene rings is 10. The Balaban J connectivity index is 1.27. The van der Waals surface area contributed by atoms with Gasteiger partial charge in [0.2, 0.25) is 0 Å². The molecule has 61 heavy (non-hydrogen) atoms. The highest BCUT2D eigenvalue weighted by atomic mass is 15.0.